The van der Waals surface area contributed by atoms with Crippen LogP contribution in [-0.4, -0.2) is 28.5 Å². The van der Waals surface area contributed by atoms with E-state index in [4.69, 9.17) is 0 Å². The van der Waals surface area contributed by atoms with Gasteiger partial charge in [-0.2, -0.15) is 0 Å². The van der Waals surface area contributed by atoms with Crippen LogP contribution >= 0.6 is 0 Å². The van der Waals surface area contributed by atoms with Crippen LogP contribution in [-0.2, 0) is 7.05 Å². The highest BCUT2D eigenvalue weighted by Gasteiger charge is 2.21. The summed E-state index contributed by atoms with van der Waals surface area (Å²) in [7, 11) is 1.70. The van der Waals surface area contributed by atoms with Gasteiger partial charge < -0.3 is 9.47 Å². The molecule has 0 saturated carbocycles. The Morgan fingerprint density at radius 2 is 1.82 bits per heavy atom. The molecule has 0 spiro atoms. The van der Waals surface area contributed by atoms with Crippen LogP contribution in [0.4, 0.5) is 0 Å². The molecule has 0 bridgehead atoms. The van der Waals surface area contributed by atoms with E-state index in [9.17, 15) is 9.59 Å². The van der Waals surface area contributed by atoms with Gasteiger partial charge in [0.05, 0.1) is 0 Å². The Labute approximate surface area is 101 Å². The lowest BCUT2D eigenvalue weighted by Crippen LogP contribution is -2.39. The van der Waals surface area contributed by atoms with E-state index < -0.39 is 0 Å². The first-order chi connectivity index (χ1) is 8.11. The highest BCUT2D eigenvalue weighted by atomic mass is 16.2. The molecule has 0 aliphatic carbocycles. The summed E-state index contributed by atoms with van der Waals surface area (Å²) in [5.41, 5.74) is 0.964. The van der Waals surface area contributed by atoms with Gasteiger partial charge in [-0.05, 0) is 38.3 Å². The van der Waals surface area contributed by atoms with Crippen molar-refractivity contribution in [2.24, 2.45) is 7.05 Å². The SMILES string of the molecule is Cc1ccc(C(=O)N2CCCCC2)c(=O)n1C. The Hall–Kier alpha value is -1.58. The van der Waals surface area contributed by atoms with Crippen molar-refractivity contribution < 1.29 is 4.79 Å². The molecule has 1 amide bonds. The molecule has 2 rings (SSSR count). The van der Waals surface area contributed by atoms with Gasteiger partial charge >= 0.3 is 0 Å². The number of pyridine rings is 1. The van der Waals surface area contributed by atoms with E-state index >= 15 is 0 Å². The van der Waals surface area contributed by atoms with Gasteiger partial charge in [0.15, 0.2) is 0 Å². The van der Waals surface area contributed by atoms with Crippen molar-refractivity contribution in [1.29, 1.82) is 0 Å². The van der Waals surface area contributed by atoms with Crippen LogP contribution in [0.5, 0.6) is 0 Å². The largest absolute Gasteiger partial charge is 0.338 e. The maximum absolute atomic E-state index is 12.2. The molecule has 1 aromatic rings. The van der Waals surface area contributed by atoms with Crippen molar-refractivity contribution in [2.45, 2.75) is 26.2 Å². The van der Waals surface area contributed by atoms with Gasteiger partial charge in [-0.15, -0.1) is 0 Å². The second-order valence-electron chi connectivity index (χ2n) is 4.61. The fraction of sp³-hybridized carbons (Fsp3) is 0.538. The minimum Gasteiger partial charge on any atom is -0.338 e. The van der Waals surface area contributed by atoms with Gasteiger partial charge in [0, 0.05) is 25.8 Å². The third-order valence-corrected chi connectivity index (χ3v) is 3.43. The van der Waals surface area contributed by atoms with Gasteiger partial charge in [-0.1, -0.05) is 0 Å². The number of nitrogens with zero attached hydrogens (tertiary/aromatic N) is 2. The van der Waals surface area contributed by atoms with Crippen LogP contribution < -0.4 is 5.56 Å². The van der Waals surface area contributed by atoms with Crippen molar-refractivity contribution in [3.8, 4) is 0 Å². The van der Waals surface area contributed by atoms with Crippen LogP contribution in [0.2, 0.25) is 0 Å². The number of carbonyl (C=O) groups excluding carboxylic acids is 1. The zero-order valence-electron chi connectivity index (χ0n) is 10.4. The molecule has 2 heterocycles. The van der Waals surface area contributed by atoms with E-state index in [0.717, 1.165) is 31.6 Å². The second-order valence-corrected chi connectivity index (χ2v) is 4.61. The summed E-state index contributed by atoms with van der Waals surface area (Å²) in [4.78, 5) is 26.0. The van der Waals surface area contributed by atoms with E-state index in [1.165, 1.54) is 11.0 Å². The Morgan fingerprint density at radius 3 is 2.47 bits per heavy atom. The number of aromatic nitrogens is 1. The summed E-state index contributed by atoms with van der Waals surface area (Å²) in [6.07, 6.45) is 3.26. The van der Waals surface area contributed by atoms with E-state index in [-0.39, 0.29) is 11.5 Å². The first-order valence-corrected chi connectivity index (χ1v) is 6.07. The Kier molecular flexibility index (Phi) is 3.31. The van der Waals surface area contributed by atoms with Crippen molar-refractivity contribution in [1.82, 2.24) is 9.47 Å². The molecule has 17 heavy (non-hydrogen) atoms. The summed E-state index contributed by atoms with van der Waals surface area (Å²) in [5.74, 6) is -0.120. The monoisotopic (exact) mass is 234 g/mol. The standard InChI is InChI=1S/C13H18N2O2/c1-10-6-7-11(12(16)14(10)2)13(17)15-8-4-3-5-9-15/h6-7H,3-5,8-9H2,1-2H3. The zero-order chi connectivity index (χ0) is 12.4. The van der Waals surface area contributed by atoms with E-state index in [1.54, 1.807) is 18.0 Å². The molecule has 92 valence electrons. The first-order valence-electron chi connectivity index (χ1n) is 6.07. The van der Waals surface area contributed by atoms with Crippen molar-refractivity contribution in [2.75, 3.05) is 13.1 Å². The van der Waals surface area contributed by atoms with E-state index in [0.29, 0.717) is 5.56 Å². The molecular formula is C13H18N2O2. The molecule has 0 radical (unpaired) electrons. The average Bonchev–Trinajstić information content (AvgIpc) is 2.36. The highest BCUT2D eigenvalue weighted by Crippen LogP contribution is 2.11. The maximum atomic E-state index is 12.2. The molecule has 1 aliphatic rings. The van der Waals surface area contributed by atoms with Gasteiger partial charge in [0.2, 0.25) is 0 Å². The number of likely N-dealkylation sites (tertiary alicyclic amines) is 1. The number of rotatable bonds is 1. The quantitative estimate of drug-likeness (QED) is 0.735. The van der Waals surface area contributed by atoms with Crippen molar-refractivity contribution in [3.63, 3.8) is 0 Å². The average molecular weight is 234 g/mol. The number of amides is 1. The van der Waals surface area contributed by atoms with Crippen molar-refractivity contribution in [3.05, 3.63) is 33.7 Å². The molecule has 1 saturated heterocycles. The summed E-state index contributed by atoms with van der Waals surface area (Å²) < 4.78 is 1.52. The third-order valence-electron chi connectivity index (χ3n) is 3.43. The number of hydrogen-bond donors (Lipinski definition) is 0. The summed E-state index contributed by atoms with van der Waals surface area (Å²) >= 11 is 0. The molecule has 1 aromatic heterocycles. The van der Waals surface area contributed by atoms with Gasteiger partial charge in [-0.3, -0.25) is 9.59 Å². The van der Waals surface area contributed by atoms with Crippen LogP contribution in [0.3, 0.4) is 0 Å². The number of piperidine rings is 1. The van der Waals surface area contributed by atoms with E-state index in [1.807, 2.05) is 13.0 Å². The summed E-state index contributed by atoms with van der Waals surface area (Å²) in [5, 5.41) is 0. The Balaban J connectivity index is 2.31. The van der Waals surface area contributed by atoms with Gasteiger partial charge in [0.1, 0.15) is 5.56 Å². The lowest BCUT2D eigenvalue weighted by molar-refractivity contribution is 0.0722. The summed E-state index contributed by atoms with van der Waals surface area (Å²) in [6.45, 7) is 3.41. The van der Waals surface area contributed by atoms with Crippen LogP contribution in [0.15, 0.2) is 16.9 Å². The Bertz CT molecular complexity index is 485. The Morgan fingerprint density at radius 1 is 1.18 bits per heavy atom. The van der Waals surface area contributed by atoms with Crippen LogP contribution in [0, 0.1) is 6.92 Å². The van der Waals surface area contributed by atoms with Gasteiger partial charge in [0.25, 0.3) is 11.5 Å². The smallest absolute Gasteiger partial charge is 0.263 e. The third kappa shape index (κ3) is 2.25. The minimum atomic E-state index is -0.194. The molecule has 4 heteroatoms. The number of aryl methyl sites for hydroxylation is 1. The molecule has 0 N–H and O–H groups in total. The van der Waals surface area contributed by atoms with Crippen LogP contribution in [0.1, 0.15) is 35.3 Å². The first kappa shape index (κ1) is 11.9. The second kappa shape index (κ2) is 4.73. The van der Waals surface area contributed by atoms with Crippen molar-refractivity contribution >= 4 is 5.91 Å². The zero-order valence-corrected chi connectivity index (χ0v) is 10.4. The van der Waals surface area contributed by atoms with Crippen LogP contribution in [0.25, 0.3) is 0 Å². The minimum absolute atomic E-state index is 0.120. The molecule has 0 unspecified atom stereocenters. The highest BCUT2D eigenvalue weighted by molar-refractivity contribution is 5.93. The fourth-order valence-corrected chi connectivity index (χ4v) is 2.16. The predicted molar refractivity (Wildman–Crippen MR) is 66.2 cm³/mol. The molecule has 1 aliphatic heterocycles. The fourth-order valence-electron chi connectivity index (χ4n) is 2.16. The van der Waals surface area contributed by atoms with Gasteiger partial charge in [-0.25, -0.2) is 0 Å². The lowest BCUT2D eigenvalue weighted by Gasteiger charge is -2.26. The maximum Gasteiger partial charge on any atom is 0.263 e. The lowest BCUT2D eigenvalue weighted by atomic mass is 10.1. The molecule has 1 fully saturated rings. The predicted octanol–water partition coefficient (Wildman–Crippen LogP) is 1.32. The molecule has 0 aromatic carbocycles. The molecule has 4 nitrogen and oxygen atoms in total. The molecule has 0 atom stereocenters. The summed E-state index contributed by atoms with van der Waals surface area (Å²) in [6, 6.07) is 3.47. The normalized spacial score (nSPS) is 16.0. The number of hydrogen-bond acceptors (Lipinski definition) is 2. The number of carbonyl (C=O) groups is 1. The van der Waals surface area contributed by atoms with E-state index in [2.05, 4.69) is 0 Å². The molecular weight excluding hydrogens is 216 g/mol. The topological polar surface area (TPSA) is 42.3 Å².